The molecular formula is C19H19Cl2FO3. The van der Waals surface area contributed by atoms with Crippen LogP contribution in [0.3, 0.4) is 0 Å². The van der Waals surface area contributed by atoms with Crippen LogP contribution in [0.1, 0.15) is 11.1 Å². The lowest BCUT2D eigenvalue weighted by Crippen LogP contribution is -2.34. The van der Waals surface area contributed by atoms with E-state index in [0.29, 0.717) is 23.3 Å². The van der Waals surface area contributed by atoms with Gasteiger partial charge in [-0.3, -0.25) is 0 Å². The minimum absolute atomic E-state index is 0.0280. The monoisotopic (exact) mass is 384 g/mol. The van der Waals surface area contributed by atoms with Crippen LogP contribution in [0.5, 0.6) is 0 Å². The van der Waals surface area contributed by atoms with Crippen LogP contribution < -0.4 is 0 Å². The van der Waals surface area contributed by atoms with Crippen LogP contribution in [0, 0.1) is 0 Å². The summed E-state index contributed by atoms with van der Waals surface area (Å²) in [4.78, 5) is 0. The lowest BCUT2D eigenvalue weighted by molar-refractivity contribution is -0.0667. The maximum absolute atomic E-state index is 14.1. The molecule has 1 saturated heterocycles. The lowest BCUT2D eigenvalue weighted by Gasteiger charge is -2.20. The van der Waals surface area contributed by atoms with Gasteiger partial charge in [0.05, 0.1) is 26.4 Å². The Morgan fingerprint density at radius 1 is 0.920 bits per heavy atom. The normalized spacial score (nSPS) is 23.1. The summed E-state index contributed by atoms with van der Waals surface area (Å²) in [6.07, 6.45) is -2.22. The Balaban J connectivity index is 1.48. The van der Waals surface area contributed by atoms with Gasteiger partial charge in [-0.15, -0.1) is 0 Å². The molecule has 6 heteroatoms. The first-order chi connectivity index (χ1) is 12.1. The Kier molecular flexibility index (Phi) is 6.68. The SMILES string of the molecule is F[C@@H]1CO[C@H](COCc2ccc(Cl)cc2)[C@H]1OCc1ccc(Cl)cc1. The van der Waals surface area contributed by atoms with E-state index in [0.717, 1.165) is 11.1 Å². The highest BCUT2D eigenvalue weighted by molar-refractivity contribution is 6.30. The van der Waals surface area contributed by atoms with Crippen LogP contribution >= 0.6 is 23.2 Å². The number of hydrogen-bond acceptors (Lipinski definition) is 3. The molecule has 1 aliphatic rings. The second-order valence-electron chi connectivity index (χ2n) is 5.93. The summed E-state index contributed by atoms with van der Waals surface area (Å²) in [5.74, 6) is 0. The molecule has 1 fully saturated rings. The minimum Gasteiger partial charge on any atom is -0.374 e. The molecule has 0 N–H and O–H groups in total. The molecule has 1 heterocycles. The van der Waals surface area contributed by atoms with E-state index in [2.05, 4.69) is 0 Å². The first kappa shape index (κ1) is 18.6. The van der Waals surface area contributed by atoms with Gasteiger partial charge in [-0.05, 0) is 35.4 Å². The van der Waals surface area contributed by atoms with Gasteiger partial charge in [0.2, 0.25) is 0 Å². The molecule has 2 aromatic carbocycles. The van der Waals surface area contributed by atoms with Crippen molar-refractivity contribution >= 4 is 23.2 Å². The third-order valence-corrected chi connectivity index (χ3v) is 4.52. The standard InChI is InChI=1S/C19H19Cl2FO3/c20-15-5-1-13(2-6-15)9-23-12-18-19(17(22)11-24-18)25-10-14-3-7-16(21)8-4-14/h1-8,17-19H,9-12H2/t17-,18-,19+/m1/s1. The van der Waals surface area contributed by atoms with Crippen LogP contribution in [-0.2, 0) is 27.4 Å². The second-order valence-corrected chi connectivity index (χ2v) is 6.80. The zero-order valence-electron chi connectivity index (χ0n) is 13.5. The molecule has 3 atom stereocenters. The Hall–Kier alpha value is -1.17. The van der Waals surface area contributed by atoms with Gasteiger partial charge < -0.3 is 14.2 Å². The van der Waals surface area contributed by atoms with Crippen LogP contribution in [0.2, 0.25) is 10.0 Å². The highest BCUT2D eigenvalue weighted by Crippen LogP contribution is 2.23. The second kappa shape index (κ2) is 8.97. The van der Waals surface area contributed by atoms with E-state index in [1.807, 2.05) is 36.4 Å². The van der Waals surface area contributed by atoms with Crippen LogP contribution in [0.15, 0.2) is 48.5 Å². The average molecular weight is 385 g/mol. The molecule has 0 unspecified atom stereocenters. The number of ether oxygens (including phenoxy) is 3. The molecular weight excluding hydrogens is 366 g/mol. The number of hydrogen-bond donors (Lipinski definition) is 0. The molecule has 0 aromatic heterocycles. The molecule has 3 rings (SSSR count). The Morgan fingerprint density at radius 3 is 2.08 bits per heavy atom. The van der Waals surface area contributed by atoms with Gasteiger partial charge in [-0.25, -0.2) is 4.39 Å². The van der Waals surface area contributed by atoms with Gasteiger partial charge in [0.15, 0.2) is 6.17 Å². The molecule has 134 valence electrons. The van der Waals surface area contributed by atoms with Gasteiger partial charge >= 0.3 is 0 Å². The van der Waals surface area contributed by atoms with Crippen LogP contribution in [0.4, 0.5) is 4.39 Å². The van der Waals surface area contributed by atoms with E-state index in [1.54, 1.807) is 12.1 Å². The van der Waals surface area contributed by atoms with Crippen molar-refractivity contribution < 1.29 is 18.6 Å². The fourth-order valence-corrected chi connectivity index (χ4v) is 2.89. The van der Waals surface area contributed by atoms with Crippen molar-refractivity contribution in [2.45, 2.75) is 31.6 Å². The van der Waals surface area contributed by atoms with Gasteiger partial charge in [0.25, 0.3) is 0 Å². The van der Waals surface area contributed by atoms with Crippen LogP contribution in [0.25, 0.3) is 0 Å². The van der Waals surface area contributed by atoms with E-state index in [9.17, 15) is 4.39 Å². The highest BCUT2D eigenvalue weighted by atomic mass is 35.5. The summed E-state index contributed by atoms with van der Waals surface area (Å²) in [7, 11) is 0. The number of rotatable bonds is 7. The summed E-state index contributed by atoms with van der Waals surface area (Å²) in [6, 6.07) is 14.7. The zero-order chi connectivity index (χ0) is 17.6. The van der Waals surface area contributed by atoms with E-state index < -0.39 is 18.4 Å². The molecule has 2 aromatic rings. The molecule has 0 amide bonds. The van der Waals surface area contributed by atoms with Crippen molar-refractivity contribution in [2.75, 3.05) is 13.2 Å². The number of alkyl halides is 1. The summed E-state index contributed by atoms with van der Waals surface area (Å²) >= 11 is 11.7. The van der Waals surface area contributed by atoms with Crippen molar-refractivity contribution in [3.05, 3.63) is 69.7 Å². The largest absolute Gasteiger partial charge is 0.374 e. The van der Waals surface area contributed by atoms with Crippen molar-refractivity contribution in [1.29, 1.82) is 0 Å². The maximum Gasteiger partial charge on any atom is 0.152 e. The Labute approximate surface area is 156 Å². The van der Waals surface area contributed by atoms with Gasteiger partial charge in [0.1, 0.15) is 12.2 Å². The van der Waals surface area contributed by atoms with E-state index in [4.69, 9.17) is 37.4 Å². The summed E-state index contributed by atoms with van der Waals surface area (Å²) in [6.45, 7) is 1.02. The Morgan fingerprint density at radius 2 is 1.48 bits per heavy atom. The fourth-order valence-electron chi connectivity index (χ4n) is 2.64. The number of benzene rings is 2. The first-order valence-corrected chi connectivity index (χ1v) is 8.81. The molecule has 3 nitrogen and oxygen atoms in total. The maximum atomic E-state index is 14.1. The van der Waals surface area contributed by atoms with Crippen molar-refractivity contribution in [2.24, 2.45) is 0 Å². The molecule has 1 aliphatic heterocycles. The quantitative estimate of drug-likeness (QED) is 0.683. The Bertz CT molecular complexity index is 663. The fraction of sp³-hybridized carbons (Fsp3) is 0.368. The number of halogens is 3. The lowest BCUT2D eigenvalue weighted by atomic mass is 10.1. The third kappa shape index (κ3) is 5.40. The molecule has 0 aliphatic carbocycles. The minimum atomic E-state index is -1.16. The van der Waals surface area contributed by atoms with E-state index in [-0.39, 0.29) is 13.2 Å². The molecule has 0 bridgehead atoms. The summed E-state index contributed by atoms with van der Waals surface area (Å²) in [5, 5.41) is 1.34. The molecule has 0 saturated carbocycles. The molecule has 0 radical (unpaired) electrons. The summed E-state index contributed by atoms with van der Waals surface area (Å²) < 4.78 is 30.9. The molecule has 25 heavy (non-hydrogen) atoms. The van der Waals surface area contributed by atoms with Crippen molar-refractivity contribution in [3.63, 3.8) is 0 Å². The summed E-state index contributed by atoms with van der Waals surface area (Å²) in [5.41, 5.74) is 1.93. The highest BCUT2D eigenvalue weighted by Gasteiger charge is 2.38. The molecule has 0 spiro atoms. The van der Waals surface area contributed by atoms with Crippen molar-refractivity contribution in [1.82, 2.24) is 0 Å². The zero-order valence-corrected chi connectivity index (χ0v) is 15.0. The van der Waals surface area contributed by atoms with Crippen molar-refractivity contribution in [3.8, 4) is 0 Å². The topological polar surface area (TPSA) is 27.7 Å². The van der Waals surface area contributed by atoms with Gasteiger partial charge in [-0.2, -0.15) is 0 Å². The van der Waals surface area contributed by atoms with E-state index in [1.165, 1.54) is 0 Å². The van der Waals surface area contributed by atoms with Crippen LogP contribution in [-0.4, -0.2) is 31.6 Å². The first-order valence-electron chi connectivity index (χ1n) is 8.06. The van der Waals surface area contributed by atoms with Gasteiger partial charge in [-0.1, -0.05) is 47.5 Å². The van der Waals surface area contributed by atoms with E-state index >= 15 is 0 Å². The predicted octanol–water partition coefficient (Wildman–Crippen LogP) is 4.83. The predicted molar refractivity (Wildman–Crippen MR) is 95.8 cm³/mol. The van der Waals surface area contributed by atoms with Gasteiger partial charge in [0, 0.05) is 10.0 Å². The smallest absolute Gasteiger partial charge is 0.152 e. The average Bonchev–Trinajstić information content (AvgIpc) is 2.96. The third-order valence-electron chi connectivity index (χ3n) is 4.01.